The molecule has 0 aliphatic heterocycles. The first-order chi connectivity index (χ1) is 6.34. The number of carboxylic acids is 1. The number of hydrogen-bond donors (Lipinski definition) is 3. The molecule has 0 saturated heterocycles. The van der Waals surface area contributed by atoms with E-state index < -0.39 is 17.6 Å². The molecule has 0 amide bonds. The Kier molecular flexibility index (Phi) is 5.04. The standard InChI is InChI=1S/C9H20N2O3/c1-9(8(13)14,11(2)3)5-4-7(12)6-10/h7,12H,4-6,10H2,1-3H3,(H,13,14)/t7?,9-/m0/s1. The number of rotatable bonds is 6. The number of aliphatic carboxylic acids is 1. The Morgan fingerprint density at radius 1 is 1.57 bits per heavy atom. The third kappa shape index (κ3) is 3.25. The van der Waals surface area contributed by atoms with E-state index in [0.717, 1.165) is 0 Å². The second-order valence-electron chi connectivity index (χ2n) is 3.90. The highest BCUT2D eigenvalue weighted by Gasteiger charge is 2.35. The van der Waals surface area contributed by atoms with Gasteiger partial charge >= 0.3 is 5.97 Å². The highest BCUT2D eigenvalue weighted by molar-refractivity contribution is 5.78. The summed E-state index contributed by atoms with van der Waals surface area (Å²) in [4.78, 5) is 12.6. The number of carbonyl (C=O) groups is 1. The molecule has 5 heteroatoms. The van der Waals surface area contributed by atoms with Crippen molar-refractivity contribution in [3.8, 4) is 0 Å². The number of likely N-dealkylation sites (N-methyl/N-ethyl adjacent to an activating group) is 1. The van der Waals surface area contributed by atoms with Crippen LogP contribution in [0.15, 0.2) is 0 Å². The summed E-state index contributed by atoms with van der Waals surface area (Å²) in [5.41, 5.74) is 4.31. The predicted octanol–water partition coefficient (Wildman–Crippen LogP) is -0.509. The number of aliphatic hydroxyl groups excluding tert-OH is 1. The van der Waals surface area contributed by atoms with E-state index >= 15 is 0 Å². The van der Waals surface area contributed by atoms with Crippen molar-refractivity contribution < 1.29 is 15.0 Å². The first-order valence-corrected chi connectivity index (χ1v) is 4.63. The average Bonchev–Trinajstić information content (AvgIpc) is 2.12. The fourth-order valence-electron chi connectivity index (χ4n) is 1.09. The lowest BCUT2D eigenvalue weighted by atomic mass is 9.93. The highest BCUT2D eigenvalue weighted by atomic mass is 16.4. The highest BCUT2D eigenvalue weighted by Crippen LogP contribution is 2.19. The lowest BCUT2D eigenvalue weighted by molar-refractivity contribution is -0.149. The summed E-state index contributed by atoms with van der Waals surface area (Å²) < 4.78 is 0. The SMILES string of the molecule is CN(C)[C@@](C)(CCC(O)CN)C(=O)O. The van der Waals surface area contributed by atoms with E-state index in [4.69, 9.17) is 10.8 Å². The van der Waals surface area contributed by atoms with E-state index in [1.54, 1.807) is 25.9 Å². The normalized spacial score (nSPS) is 17.9. The Balaban J connectivity index is 4.32. The van der Waals surface area contributed by atoms with E-state index in [-0.39, 0.29) is 6.54 Å². The van der Waals surface area contributed by atoms with Crippen molar-refractivity contribution in [2.45, 2.75) is 31.4 Å². The molecule has 0 aromatic rings. The van der Waals surface area contributed by atoms with Gasteiger partial charge in [0.25, 0.3) is 0 Å². The molecule has 0 aromatic heterocycles. The molecule has 84 valence electrons. The summed E-state index contributed by atoms with van der Waals surface area (Å²) in [5, 5.41) is 18.3. The Bertz CT molecular complexity index is 196. The quantitative estimate of drug-likeness (QED) is 0.542. The van der Waals surface area contributed by atoms with Gasteiger partial charge in [0.05, 0.1) is 6.10 Å². The van der Waals surface area contributed by atoms with Gasteiger partial charge in [0, 0.05) is 6.54 Å². The Morgan fingerprint density at radius 3 is 2.36 bits per heavy atom. The summed E-state index contributed by atoms with van der Waals surface area (Å²) in [7, 11) is 3.42. The minimum atomic E-state index is -0.934. The van der Waals surface area contributed by atoms with Gasteiger partial charge in [-0.3, -0.25) is 9.69 Å². The summed E-state index contributed by atoms with van der Waals surface area (Å²) in [6, 6.07) is 0. The van der Waals surface area contributed by atoms with E-state index in [1.807, 2.05) is 0 Å². The van der Waals surface area contributed by atoms with Gasteiger partial charge in [0.2, 0.25) is 0 Å². The van der Waals surface area contributed by atoms with Crippen LogP contribution in [0, 0.1) is 0 Å². The molecule has 0 bridgehead atoms. The van der Waals surface area contributed by atoms with Crippen LogP contribution in [-0.2, 0) is 4.79 Å². The molecule has 14 heavy (non-hydrogen) atoms. The number of carboxylic acid groups (broad SMARTS) is 1. The van der Waals surface area contributed by atoms with Gasteiger partial charge in [-0.2, -0.15) is 0 Å². The van der Waals surface area contributed by atoms with Crippen molar-refractivity contribution in [3.63, 3.8) is 0 Å². The molecular formula is C9H20N2O3. The fraction of sp³-hybridized carbons (Fsp3) is 0.889. The van der Waals surface area contributed by atoms with Crippen LogP contribution in [0.25, 0.3) is 0 Å². The number of nitrogens with two attached hydrogens (primary N) is 1. The predicted molar refractivity (Wildman–Crippen MR) is 54.0 cm³/mol. The summed E-state index contributed by atoms with van der Waals surface area (Å²) in [6.45, 7) is 1.81. The van der Waals surface area contributed by atoms with E-state index in [2.05, 4.69) is 0 Å². The number of aliphatic hydroxyl groups is 1. The number of hydrogen-bond acceptors (Lipinski definition) is 4. The lowest BCUT2D eigenvalue weighted by Crippen LogP contribution is -2.49. The van der Waals surface area contributed by atoms with Crippen LogP contribution in [-0.4, -0.2) is 53.4 Å². The van der Waals surface area contributed by atoms with Crippen molar-refractivity contribution in [2.24, 2.45) is 5.73 Å². The molecule has 0 aliphatic rings. The van der Waals surface area contributed by atoms with Gasteiger partial charge in [-0.1, -0.05) is 0 Å². The van der Waals surface area contributed by atoms with Crippen LogP contribution < -0.4 is 5.73 Å². The molecule has 0 rings (SSSR count). The van der Waals surface area contributed by atoms with Gasteiger partial charge in [0.1, 0.15) is 5.54 Å². The minimum Gasteiger partial charge on any atom is -0.480 e. The van der Waals surface area contributed by atoms with E-state index in [1.165, 1.54) is 0 Å². The van der Waals surface area contributed by atoms with Crippen LogP contribution in [0.2, 0.25) is 0 Å². The lowest BCUT2D eigenvalue weighted by Gasteiger charge is -2.32. The zero-order valence-corrected chi connectivity index (χ0v) is 9.03. The molecule has 0 heterocycles. The monoisotopic (exact) mass is 204 g/mol. The molecule has 5 nitrogen and oxygen atoms in total. The topological polar surface area (TPSA) is 86.8 Å². The molecule has 4 N–H and O–H groups in total. The third-order valence-electron chi connectivity index (χ3n) is 2.68. The summed E-state index contributed by atoms with van der Waals surface area (Å²) in [5.74, 6) is -0.883. The van der Waals surface area contributed by atoms with Crippen molar-refractivity contribution in [1.82, 2.24) is 4.90 Å². The number of nitrogens with zero attached hydrogens (tertiary/aromatic N) is 1. The average molecular weight is 204 g/mol. The van der Waals surface area contributed by atoms with Crippen LogP contribution in [0.5, 0.6) is 0 Å². The zero-order valence-electron chi connectivity index (χ0n) is 9.03. The summed E-state index contributed by atoms with van der Waals surface area (Å²) >= 11 is 0. The molecule has 0 radical (unpaired) electrons. The Hall–Kier alpha value is -0.650. The fourth-order valence-corrected chi connectivity index (χ4v) is 1.09. The maximum absolute atomic E-state index is 11.0. The van der Waals surface area contributed by atoms with Gasteiger partial charge in [-0.25, -0.2) is 0 Å². The zero-order chi connectivity index (χ0) is 11.4. The first-order valence-electron chi connectivity index (χ1n) is 4.63. The minimum absolute atomic E-state index is 0.170. The van der Waals surface area contributed by atoms with E-state index in [9.17, 15) is 9.90 Å². The van der Waals surface area contributed by atoms with Crippen LogP contribution in [0.1, 0.15) is 19.8 Å². The molecule has 2 atom stereocenters. The van der Waals surface area contributed by atoms with Crippen molar-refractivity contribution >= 4 is 5.97 Å². The smallest absolute Gasteiger partial charge is 0.323 e. The first kappa shape index (κ1) is 13.4. The Labute approximate surface area is 84.5 Å². The van der Waals surface area contributed by atoms with Crippen molar-refractivity contribution in [1.29, 1.82) is 0 Å². The van der Waals surface area contributed by atoms with Crippen LogP contribution in [0.3, 0.4) is 0 Å². The second kappa shape index (κ2) is 5.29. The van der Waals surface area contributed by atoms with Gasteiger partial charge in [-0.05, 0) is 33.9 Å². The molecule has 0 spiro atoms. The van der Waals surface area contributed by atoms with Crippen LogP contribution >= 0.6 is 0 Å². The Morgan fingerprint density at radius 2 is 2.07 bits per heavy atom. The third-order valence-corrected chi connectivity index (χ3v) is 2.68. The van der Waals surface area contributed by atoms with Crippen LogP contribution in [0.4, 0.5) is 0 Å². The maximum atomic E-state index is 11.0. The van der Waals surface area contributed by atoms with Crippen molar-refractivity contribution in [2.75, 3.05) is 20.6 Å². The molecule has 1 unspecified atom stereocenters. The van der Waals surface area contributed by atoms with Gasteiger partial charge in [0.15, 0.2) is 0 Å². The maximum Gasteiger partial charge on any atom is 0.323 e. The molecular weight excluding hydrogens is 184 g/mol. The van der Waals surface area contributed by atoms with Crippen molar-refractivity contribution in [3.05, 3.63) is 0 Å². The molecule has 0 aliphatic carbocycles. The summed E-state index contributed by atoms with van der Waals surface area (Å²) in [6.07, 6.45) is 0.166. The van der Waals surface area contributed by atoms with Gasteiger partial charge in [-0.15, -0.1) is 0 Å². The van der Waals surface area contributed by atoms with Gasteiger partial charge < -0.3 is 15.9 Å². The molecule has 0 saturated carbocycles. The molecule has 0 aromatic carbocycles. The van der Waals surface area contributed by atoms with E-state index in [0.29, 0.717) is 12.8 Å². The second-order valence-corrected chi connectivity index (χ2v) is 3.90. The largest absolute Gasteiger partial charge is 0.480 e. The molecule has 0 fully saturated rings.